The van der Waals surface area contributed by atoms with Crippen LogP contribution < -0.4 is 10.1 Å². The highest BCUT2D eigenvalue weighted by atomic mass is 19.2. The Morgan fingerprint density at radius 3 is 2.85 bits per heavy atom. The Labute approximate surface area is 74.5 Å². The number of benzene rings is 1. The van der Waals surface area contributed by atoms with Crippen LogP contribution in [-0.2, 0) is 0 Å². The molecule has 0 amide bonds. The standard InChI is InChI=1S/C9H9F2NO/c1-5-4-13-9-3-7(11)6(10)2-8(9)12-5/h2-3,5,12H,4H2,1H3. The molecule has 0 saturated carbocycles. The van der Waals surface area contributed by atoms with Crippen LogP contribution in [0, 0.1) is 11.6 Å². The highest BCUT2D eigenvalue weighted by molar-refractivity contribution is 5.58. The van der Waals surface area contributed by atoms with Gasteiger partial charge in [0.25, 0.3) is 0 Å². The molecule has 13 heavy (non-hydrogen) atoms. The van der Waals surface area contributed by atoms with Crippen molar-refractivity contribution >= 4 is 5.69 Å². The maximum absolute atomic E-state index is 12.8. The second kappa shape index (κ2) is 2.87. The van der Waals surface area contributed by atoms with Gasteiger partial charge in [-0.2, -0.15) is 0 Å². The van der Waals surface area contributed by atoms with Crippen molar-refractivity contribution in [2.45, 2.75) is 13.0 Å². The van der Waals surface area contributed by atoms with Crippen LogP contribution in [0.25, 0.3) is 0 Å². The first kappa shape index (κ1) is 8.29. The summed E-state index contributed by atoms with van der Waals surface area (Å²) in [5, 5.41) is 3.00. The van der Waals surface area contributed by atoms with E-state index >= 15 is 0 Å². The van der Waals surface area contributed by atoms with Crippen LogP contribution in [0.15, 0.2) is 12.1 Å². The molecule has 4 heteroatoms. The van der Waals surface area contributed by atoms with E-state index in [0.717, 1.165) is 12.1 Å². The highest BCUT2D eigenvalue weighted by Crippen LogP contribution is 2.30. The number of fused-ring (bicyclic) bond motifs is 1. The number of hydrogen-bond donors (Lipinski definition) is 1. The van der Waals surface area contributed by atoms with Gasteiger partial charge < -0.3 is 10.1 Å². The first-order valence-corrected chi connectivity index (χ1v) is 4.05. The normalized spacial score (nSPS) is 20.1. The molecule has 70 valence electrons. The predicted molar refractivity (Wildman–Crippen MR) is 44.9 cm³/mol. The minimum atomic E-state index is -0.880. The van der Waals surface area contributed by atoms with E-state index in [4.69, 9.17) is 4.74 Å². The minimum Gasteiger partial charge on any atom is -0.489 e. The lowest BCUT2D eigenvalue weighted by molar-refractivity contribution is 0.289. The van der Waals surface area contributed by atoms with Crippen LogP contribution in [0.1, 0.15) is 6.92 Å². The van der Waals surface area contributed by atoms with Crippen molar-refractivity contribution in [3.05, 3.63) is 23.8 Å². The summed E-state index contributed by atoms with van der Waals surface area (Å²) in [5.74, 6) is -1.36. The zero-order valence-electron chi connectivity index (χ0n) is 7.10. The zero-order chi connectivity index (χ0) is 9.42. The Bertz CT molecular complexity index is 341. The monoisotopic (exact) mass is 185 g/mol. The summed E-state index contributed by atoms with van der Waals surface area (Å²) in [6, 6.07) is 2.29. The van der Waals surface area contributed by atoms with Crippen LogP contribution in [0.4, 0.5) is 14.5 Å². The van der Waals surface area contributed by atoms with Crippen molar-refractivity contribution in [3.63, 3.8) is 0 Å². The van der Waals surface area contributed by atoms with E-state index in [1.165, 1.54) is 0 Å². The maximum Gasteiger partial charge on any atom is 0.162 e. The lowest BCUT2D eigenvalue weighted by Gasteiger charge is -2.24. The Kier molecular flexibility index (Phi) is 1.83. The molecule has 0 fully saturated rings. The van der Waals surface area contributed by atoms with E-state index in [1.54, 1.807) is 0 Å². The van der Waals surface area contributed by atoms with Crippen LogP contribution in [0.5, 0.6) is 5.75 Å². The summed E-state index contributed by atoms with van der Waals surface area (Å²) in [7, 11) is 0. The van der Waals surface area contributed by atoms with E-state index in [-0.39, 0.29) is 6.04 Å². The summed E-state index contributed by atoms with van der Waals surface area (Å²) in [6.45, 7) is 2.38. The van der Waals surface area contributed by atoms with Gasteiger partial charge in [-0.25, -0.2) is 8.78 Å². The van der Waals surface area contributed by atoms with Gasteiger partial charge in [0.2, 0.25) is 0 Å². The number of nitrogens with one attached hydrogen (secondary N) is 1. The molecule has 1 N–H and O–H groups in total. The fraction of sp³-hybridized carbons (Fsp3) is 0.333. The average molecular weight is 185 g/mol. The number of ether oxygens (including phenoxy) is 1. The van der Waals surface area contributed by atoms with Gasteiger partial charge in [0, 0.05) is 12.1 Å². The summed E-state index contributed by atoms with van der Waals surface area (Å²) in [6.07, 6.45) is 0. The van der Waals surface area contributed by atoms with E-state index in [1.807, 2.05) is 6.92 Å². The third-order valence-electron chi connectivity index (χ3n) is 1.91. The molecule has 2 rings (SSSR count). The number of hydrogen-bond acceptors (Lipinski definition) is 2. The van der Waals surface area contributed by atoms with Gasteiger partial charge in [-0.15, -0.1) is 0 Å². The smallest absolute Gasteiger partial charge is 0.162 e. The maximum atomic E-state index is 12.8. The fourth-order valence-electron chi connectivity index (χ4n) is 1.28. The Balaban J connectivity index is 2.43. The second-order valence-corrected chi connectivity index (χ2v) is 3.12. The van der Waals surface area contributed by atoms with Crippen LogP contribution >= 0.6 is 0 Å². The van der Waals surface area contributed by atoms with Crippen molar-refractivity contribution in [3.8, 4) is 5.75 Å². The SMILES string of the molecule is CC1COc2cc(F)c(F)cc2N1. The van der Waals surface area contributed by atoms with E-state index in [2.05, 4.69) is 5.32 Å². The van der Waals surface area contributed by atoms with Gasteiger partial charge >= 0.3 is 0 Å². The van der Waals surface area contributed by atoms with Crippen molar-refractivity contribution < 1.29 is 13.5 Å². The molecule has 1 aliphatic heterocycles. The first-order chi connectivity index (χ1) is 6.16. The molecule has 1 aromatic carbocycles. The summed E-state index contributed by atoms with van der Waals surface area (Å²) in [4.78, 5) is 0. The molecule has 0 aliphatic carbocycles. The molecular formula is C9H9F2NO. The molecule has 1 atom stereocenters. The molecule has 2 nitrogen and oxygen atoms in total. The van der Waals surface area contributed by atoms with Gasteiger partial charge in [-0.1, -0.05) is 0 Å². The van der Waals surface area contributed by atoms with Crippen molar-refractivity contribution in [2.75, 3.05) is 11.9 Å². The molecular weight excluding hydrogens is 176 g/mol. The average Bonchev–Trinajstić information content (AvgIpc) is 2.08. The lowest BCUT2D eigenvalue weighted by atomic mass is 10.2. The Hall–Kier alpha value is -1.32. The van der Waals surface area contributed by atoms with Crippen LogP contribution in [0.2, 0.25) is 0 Å². The molecule has 0 saturated heterocycles. The van der Waals surface area contributed by atoms with Crippen LogP contribution in [0.3, 0.4) is 0 Å². The molecule has 1 unspecified atom stereocenters. The Morgan fingerprint density at radius 1 is 1.38 bits per heavy atom. The minimum absolute atomic E-state index is 0.123. The van der Waals surface area contributed by atoms with E-state index in [0.29, 0.717) is 18.0 Å². The fourth-order valence-corrected chi connectivity index (χ4v) is 1.28. The molecule has 0 spiro atoms. The zero-order valence-corrected chi connectivity index (χ0v) is 7.10. The third-order valence-corrected chi connectivity index (χ3v) is 1.91. The van der Waals surface area contributed by atoms with Crippen molar-refractivity contribution in [1.29, 1.82) is 0 Å². The van der Waals surface area contributed by atoms with Crippen molar-refractivity contribution in [1.82, 2.24) is 0 Å². The number of halogens is 2. The molecule has 0 radical (unpaired) electrons. The number of rotatable bonds is 0. The largest absolute Gasteiger partial charge is 0.489 e. The summed E-state index contributed by atoms with van der Waals surface area (Å²) < 4.78 is 30.7. The summed E-state index contributed by atoms with van der Waals surface area (Å²) in [5.41, 5.74) is 0.512. The predicted octanol–water partition coefficient (Wildman–Crippen LogP) is 2.16. The quantitative estimate of drug-likeness (QED) is 0.668. The van der Waals surface area contributed by atoms with Gasteiger partial charge in [-0.05, 0) is 6.92 Å². The lowest BCUT2D eigenvalue weighted by Crippen LogP contribution is -2.28. The second-order valence-electron chi connectivity index (χ2n) is 3.12. The molecule has 1 aliphatic rings. The molecule has 1 aromatic rings. The van der Waals surface area contributed by atoms with E-state index < -0.39 is 11.6 Å². The summed E-state index contributed by atoms with van der Waals surface area (Å²) >= 11 is 0. The van der Waals surface area contributed by atoms with Crippen molar-refractivity contribution in [2.24, 2.45) is 0 Å². The van der Waals surface area contributed by atoms with Gasteiger partial charge in [0.15, 0.2) is 11.6 Å². The topological polar surface area (TPSA) is 21.3 Å². The third kappa shape index (κ3) is 1.43. The van der Waals surface area contributed by atoms with E-state index in [9.17, 15) is 8.78 Å². The molecule has 0 aromatic heterocycles. The van der Waals surface area contributed by atoms with Gasteiger partial charge in [0.05, 0.1) is 11.7 Å². The van der Waals surface area contributed by atoms with Gasteiger partial charge in [-0.3, -0.25) is 0 Å². The Morgan fingerprint density at radius 2 is 2.08 bits per heavy atom. The molecule has 0 bridgehead atoms. The number of anilines is 1. The van der Waals surface area contributed by atoms with Crippen LogP contribution in [-0.4, -0.2) is 12.6 Å². The first-order valence-electron chi connectivity index (χ1n) is 4.05. The molecule has 1 heterocycles. The van der Waals surface area contributed by atoms with Gasteiger partial charge in [0.1, 0.15) is 12.4 Å². The highest BCUT2D eigenvalue weighted by Gasteiger charge is 2.17.